The van der Waals surface area contributed by atoms with Crippen molar-refractivity contribution >= 4 is 17.7 Å². The van der Waals surface area contributed by atoms with Gasteiger partial charge in [0, 0.05) is 24.9 Å². The number of hydrogen-bond donors (Lipinski definition) is 1. The van der Waals surface area contributed by atoms with E-state index in [9.17, 15) is 4.79 Å². The first kappa shape index (κ1) is 12.3. The molecule has 0 saturated carbocycles. The molecular weight excluding hydrogens is 200 g/mol. The standard InChI is InChI=1S/C13H18N2O/c1-3-15(4-2)13(16)9-8-11-6-5-7-12(14)10-11/h5-10H,3-4,14H2,1-2H3/b9-8+. The van der Waals surface area contributed by atoms with Crippen LogP contribution in [0.3, 0.4) is 0 Å². The maximum Gasteiger partial charge on any atom is 0.246 e. The number of benzene rings is 1. The molecule has 1 amide bonds. The van der Waals surface area contributed by atoms with E-state index in [0.29, 0.717) is 5.69 Å². The van der Waals surface area contributed by atoms with E-state index < -0.39 is 0 Å². The number of amides is 1. The van der Waals surface area contributed by atoms with Crippen molar-refractivity contribution in [2.75, 3.05) is 18.8 Å². The highest BCUT2D eigenvalue weighted by molar-refractivity contribution is 5.91. The Morgan fingerprint density at radius 1 is 1.38 bits per heavy atom. The lowest BCUT2D eigenvalue weighted by molar-refractivity contribution is -0.125. The van der Waals surface area contributed by atoms with E-state index >= 15 is 0 Å². The molecule has 0 aliphatic carbocycles. The summed E-state index contributed by atoms with van der Waals surface area (Å²) < 4.78 is 0. The average molecular weight is 218 g/mol. The number of nitrogens with zero attached hydrogens (tertiary/aromatic N) is 1. The van der Waals surface area contributed by atoms with Crippen LogP contribution in [0.25, 0.3) is 6.08 Å². The Labute approximate surface area is 96.6 Å². The summed E-state index contributed by atoms with van der Waals surface area (Å²) in [5.41, 5.74) is 7.30. The Morgan fingerprint density at radius 2 is 2.06 bits per heavy atom. The zero-order valence-electron chi connectivity index (χ0n) is 9.81. The Hall–Kier alpha value is -1.77. The monoisotopic (exact) mass is 218 g/mol. The molecular formula is C13H18N2O. The van der Waals surface area contributed by atoms with Crippen LogP contribution in [0.5, 0.6) is 0 Å². The van der Waals surface area contributed by atoms with Crippen molar-refractivity contribution in [1.82, 2.24) is 4.90 Å². The lowest BCUT2D eigenvalue weighted by Gasteiger charge is -2.15. The number of nitrogen functional groups attached to an aromatic ring is 1. The molecule has 0 radical (unpaired) electrons. The summed E-state index contributed by atoms with van der Waals surface area (Å²) in [6.07, 6.45) is 3.37. The number of nitrogens with two attached hydrogens (primary N) is 1. The fraction of sp³-hybridized carbons (Fsp3) is 0.308. The molecule has 3 nitrogen and oxygen atoms in total. The highest BCUT2D eigenvalue weighted by atomic mass is 16.2. The number of carbonyl (C=O) groups excluding carboxylic acids is 1. The van der Waals surface area contributed by atoms with Crippen LogP contribution in [0, 0.1) is 0 Å². The van der Waals surface area contributed by atoms with E-state index in [0.717, 1.165) is 18.7 Å². The van der Waals surface area contributed by atoms with Crippen LogP contribution < -0.4 is 5.73 Å². The van der Waals surface area contributed by atoms with Crippen molar-refractivity contribution < 1.29 is 4.79 Å². The minimum absolute atomic E-state index is 0.0347. The molecule has 16 heavy (non-hydrogen) atoms. The van der Waals surface area contributed by atoms with Gasteiger partial charge in [-0.2, -0.15) is 0 Å². The molecule has 0 atom stereocenters. The van der Waals surface area contributed by atoms with Crippen molar-refractivity contribution in [2.24, 2.45) is 0 Å². The number of likely N-dealkylation sites (N-methyl/N-ethyl adjacent to an activating group) is 1. The highest BCUT2D eigenvalue weighted by Gasteiger charge is 2.04. The molecule has 1 rings (SSSR count). The van der Waals surface area contributed by atoms with Gasteiger partial charge in [0.25, 0.3) is 0 Å². The summed E-state index contributed by atoms with van der Waals surface area (Å²) >= 11 is 0. The van der Waals surface area contributed by atoms with Crippen LogP contribution in [0.1, 0.15) is 19.4 Å². The zero-order valence-corrected chi connectivity index (χ0v) is 9.81. The first-order chi connectivity index (χ1) is 7.67. The molecule has 0 aromatic heterocycles. The van der Waals surface area contributed by atoms with E-state index in [1.807, 2.05) is 38.1 Å². The third-order valence-corrected chi connectivity index (χ3v) is 2.40. The summed E-state index contributed by atoms with van der Waals surface area (Å²) in [5.74, 6) is 0.0347. The van der Waals surface area contributed by atoms with Gasteiger partial charge < -0.3 is 10.6 Å². The SMILES string of the molecule is CCN(CC)C(=O)/C=C/c1cccc(N)c1. The summed E-state index contributed by atoms with van der Waals surface area (Å²) in [4.78, 5) is 13.4. The van der Waals surface area contributed by atoms with Crippen molar-refractivity contribution in [3.05, 3.63) is 35.9 Å². The van der Waals surface area contributed by atoms with E-state index in [4.69, 9.17) is 5.73 Å². The Bertz CT molecular complexity index is 381. The minimum atomic E-state index is 0.0347. The summed E-state index contributed by atoms with van der Waals surface area (Å²) in [6, 6.07) is 7.45. The van der Waals surface area contributed by atoms with Gasteiger partial charge in [0.15, 0.2) is 0 Å². The first-order valence-corrected chi connectivity index (χ1v) is 5.50. The third kappa shape index (κ3) is 3.42. The van der Waals surface area contributed by atoms with Crippen LogP contribution in [0.15, 0.2) is 30.3 Å². The molecule has 0 aliphatic rings. The first-order valence-electron chi connectivity index (χ1n) is 5.50. The minimum Gasteiger partial charge on any atom is -0.399 e. The van der Waals surface area contributed by atoms with Crippen LogP contribution in [-0.2, 0) is 4.79 Å². The molecule has 1 aromatic rings. The fourth-order valence-electron chi connectivity index (χ4n) is 1.47. The number of carbonyl (C=O) groups is 1. The largest absolute Gasteiger partial charge is 0.399 e. The quantitative estimate of drug-likeness (QED) is 0.621. The second-order valence-electron chi connectivity index (χ2n) is 3.51. The van der Waals surface area contributed by atoms with Crippen LogP contribution in [0.4, 0.5) is 5.69 Å². The molecule has 86 valence electrons. The Kier molecular flexibility index (Phi) is 4.58. The topological polar surface area (TPSA) is 46.3 Å². The molecule has 0 unspecified atom stereocenters. The average Bonchev–Trinajstić information content (AvgIpc) is 2.28. The van der Waals surface area contributed by atoms with Gasteiger partial charge in [-0.25, -0.2) is 0 Å². The second kappa shape index (κ2) is 5.95. The van der Waals surface area contributed by atoms with Crippen molar-refractivity contribution in [2.45, 2.75) is 13.8 Å². The normalized spacial score (nSPS) is 10.6. The summed E-state index contributed by atoms with van der Waals surface area (Å²) in [7, 11) is 0. The maximum atomic E-state index is 11.7. The molecule has 0 aliphatic heterocycles. The Morgan fingerprint density at radius 3 is 2.62 bits per heavy atom. The van der Waals surface area contributed by atoms with Gasteiger partial charge in [-0.1, -0.05) is 12.1 Å². The van der Waals surface area contributed by atoms with Gasteiger partial charge in [0.1, 0.15) is 0 Å². The lowest BCUT2D eigenvalue weighted by Crippen LogP contribution is -2.28. The molecule has 0 heterocycles. The lowest BCUT2D eigenvalue weighted by atomic mass is 10.2. The number of hydrogen-bond acceptors (Lipinski definition) is 2. The van der Waals surface area contributed by atoms with E-state index in [2.05, 4.69) is 0 Å². The van der Waals surface area contributed by atoms with Gasteiger partial charge in [0.2, 0.25) is 5.91 Å². The predicted octanol–water partition coefficient (Wildman–Crippen LogP) is 2.15. The molecule has 2 N–H and O–H groups in total. The van der Waals surface area contributed by atoms with Crippen molar-refractivity contribution in [3.8, 4) is 0 Å². The molecule has 3 heteroatoms. The van der Waals surface area contributed by atoms with Crippen molar-refractivity contribution in [3.63, 3.8) is 0 Å². The van der Waals surface area contributed by atoms with Gasteiger partial charge in [-0.3, -0.25) is 4.79 Å². The second-order valence-corrected chi connectivity index (χ2v) is 3.51. The van der Waals surface area contributed by atoms with E-state index in [1.165, 1.54) is 0 Å². The fourth-order valence-corrected chi connectivity index (χ4v) is 1.47. The summed E-state index contributed by atoms with van der Waals surface area (Å²) in [5, 5.41) is 0. The summed E-state index contributed by atoms with van der Waals surface area (Å²) in [6.45, 7) is 5.40. The predicted molar refractivity (Wildman–Crippen MR) is 67.8 cm³/mol. The van der Waals surface area contributed by atoms with E-state index in [-0.39, 0.29) is 5.91 Å². The molecule has 0 spiro atoms. The third-order valence-electron chi connectivity index (χ3n) is 2.40. The van der Waals surface area contributed by atoms with Crippen molar-refractivity contribution in [1.29, 1.82) is 0 Å². The van der Waals surface area contributed by atoms with Gasteiger partial charge in [-0.05, 0) is 37.6 Å². The number of anilines is 1. The Balaban J connectivity index is 2.70. The van der Waals surface area contributed by atoms with E-state index in [1.54, 1.807) is 17.1 Å². The van der Waals surface area contributed by atoms with Gasteiger partial charge >= 0.3 is 0 Å². The molecule has 1 aromatic carbocycles. The van der Waals surface area contributed by atoms with Crippen LogP contribution in [-0.4, -0.2) is 23.9 Å². The molecule has 0 fully saturated rings. The highest BCUT2D eigenvalue weighted by Crippen LogP contribution is 2.08. The van der Waals surface area contributed by atoms with Crippen LogP contribution >= 0.6 is 0 Å². The smallest absolute Gasteiger partial charge is 0.246 e. The molecule has 0 bridgehead atoms. The van der Waals surface area contributed by atoms with Crippen LogP contribution in [0.2, 0.25) is 0 Å². The number of rotatable bonds is 4. The maximum absolute atomic E-state index is 11.7. The van der Waals surface area contributed by atoms with Gasteiger partial charge in [-0.15, -0.1) is 0 Å². The van der Waals surface area contributed by atoms with Gasteiger partial charge in [0.05, 0.1) is 0 Å². The molecule has 0 saturated heterocycles. The zero-order chi connectivity index (χ0) is 12.0.